The average Bonchev–Trinajstić information content (AvgIpc) is 2.64. The minimum atomic E-state index is -0.324. The number of imidazole rings is 1. The molecule has 0 radical (unpaired) electrons. The fourth-order valence-corrected chi connectivity index (χ4v) is 2.10. The number of fused-ring (bicyclic) bond motifs is 3. The van der Waals surface area contributed by atoms with Crippen LogP contribution in [0.4, 0.5) is 4.39 Å². The third-order valence-electron chi connectivity index (χ3n) is 2.92. The van der Waals surface area contributed by atoms with Gasteiger partial charge in [-0.1, -0.05) is 12.1 Å². The molecule has 0 saturated heterocycles. The highest BCUT2D eigenvalue weighted by Crippen LogP contribution is 2.23. The van der Waals surface area contributed by atoms with E-state index in [1.165, 1.54) is 6.07 Å². The van der Waals surface area contributed by atoms with Crippen LogP contribution in [0.5, 0.6) is 0 Å². The van der Waals surface area contributed by atoms with Crippen LogP contribution in [0.15, 0.2) is 30.5 Å². The van der Waals surface area contributed by atoms with Crippen molar-refractivity contribution in [2.75, 3.05) is 0 Å². The zero-order valence-corrected chi connectivity index (χ0v) is 9.14. The second kappa shape index (κ2) is 3.38. The van der Waals surface area contributed by atoms with Gasteiger partial charge in [-0.05, 0) is 24.4 Å². The average molecular weight is 228 g/mol. The van der Waals surface area contributed by atoms with E-state index in [1.54, 1.807) is 29.7 Å². The minimum absolute atomic E-state index is 0.324. The van der Waals surface area contributed by atoms with Crippen LogP contribution >= 0.6 is 0 Å². The lowest BCUT2D eigenvalue weighted by Gasteiger charge is -2.02. The molecule has 0 aliphatic carbocycles. The summed E-state index contributed by atoms with van der Waals surface area (Å²) in [5.41, 5.74) is 1.56. The van der Waals surface area contributed by atoms with E-state index in [0.29, 0.717) is 22.4 Å². The first-order valence-corrected chi connectivity index (χ1v) is 5.23. The quantitative estimate of drug-likeness (QED) is 0.600. The van der Waals surface area contributed by atoms with Crippen LogP contribution in [-0.2, 0) is 0 Å². The number of halogens is 1. The van der Waals surface area contributed by atoms with Crippen molar-refractivity contribution in [2.45, 2.75) is 6.92 Å². The zero-order chi connectivity index (χ0) is 12.0. The maximum absolute atomic E-state index is 13.8. The van der Waals surface area contributed by atoms with Gasteiger partial charge in [0.25, 0.3) is 0 Å². The van der Waals surface area contributed by atoms with Crippen LogP contribution in [-0.4, -0.2) is 15.7 Å². The van der Waals surface area contributed by atoms with Gasteiger partial charge in [-0.15, -0.1) is 0 Å². The Morgan fingerprint density at radius 3 is 2.94 bits per heavy atom. The predicted molar refractivity (Wildman–Crippen MR) is 62.8 cm³/mol. The fraction of sp³-hybridized carbons (Fsp3) is 0.0769. The SMILES string of the molecule is Cc1nc2c3c(F)cccc3ccn2c1C=O. The summed E-state index contributed by atoms with van der Waals surface area (Å²) >= 11 is 0. The summed E-state index contributed by atoms with van der Waals surface area (Å²) in [4.78, 5) is 15.2. The van der Waals surface area contributed by atoms with Crippen LogP contribution in [0.3, 0.4) is 0 Å². The molecule has 3 nitrogen and oxygen atoms in total. The Hall–Kier alpha value is -2.23. The van der Waals surface area contributed by atoms with Crippen molar-refractivity contribution in [3.8, 4) is 0 Å². The molecule has 0 aliphatic heterocycles. The van der Waals surface area contributed by atoms with Crippen molar-refractivity contribution in [2.24, 2.45) is 0 Å². The van der Waals surface area contributed by atoms with E-state index in [1.807, 2.05) is 6.07 Å². The first-order valence-electron chi connectivity index (χ1n) is 5.23. The van der Waals surface area contributed by atoms with Crippen molar-refractivity contribution in [3.05, 3.63) is 47.7 Å². The summed E-state index contributed by atoms with van der Waals surface area (Å²) in [5, 5.41) is 1.23. The Bertz CT molecular complexity index is 746. The summed E-state index contributed by atoms with van der Waals surface area (Å²) < 4.78 is 15.4. The number of hydrogen-bond donors (Lipinski definition) is 0. The van der Waals surface area contributed by atoms with Gasteiger partial charge in [0, 0.05) is 6.20 Å². The number of nitrogens with zero attached hydrogens (tertiary/aromatic N) is 2. The first-order chi connectivity index (χ1) is 8.22. The normalized spacial score (nSPS) is 11.2. The van der Waals surface area contributed by atoms with Gasteiger partial charge >= 0.3 is 0 Å². The summed E-state index contributed by atoms with van der Waals surface area (Å²) in [6.07, 6.45) is 2.48. The zero-order valence-electron chi connectivity index (χ0n) is 9.14. The molecular formula is C13H9FN2O. The van der Waals surface area contributed by atoms with Gasteiger partial charge in [0.05, 0.1) is 11.1 Å². The van der Waals surface area contributed by atoms with Gasteiger partial charge in [0.2, 0.25) is 0 Å². The monoisotopic (exact) mass is 228 g/mol. The van der Waals surface area contributed by atoms with E-state index in [2.05, 4.69) is 4.98 Å². The van der Waals surface area contributed by atoms with Gasteiger partial charge in [-0.3, -0.25) is 9.20 Å². The molecule has 17 heavy (non-hydrogen) atoms. The highest BCUT2D eigenvalue weighted by Gasteiger charge is 2.12. The fourth-order valence-electron chi connectivity index (χ4n) is 2.10. The highest BCUT2D eigenvalue weighted by molar-refractivity contribution is 5.96. The number of hydrogen-bond acceptors (Lipinski definition) is 2. The van der Waals surface area contributed by atoms with E-state index in [4.69, 9.17) is 0 Å². The molecule has 0 atom stereocenters. The summed E-state index contributed by atoms with van der Waals surface area (Å²) in [6.45, 7) is 1.74. The standard InChI is InChI=1S/C13H9FN2O/c1-8-11(7-17)16-6-5-9-3-2-4-10(14)12(9)13(16)15-8/h2-7H,1H3. The Labute approximate surface area is 96.5 Å². The van der Waals surface area contributed by atoms with Gasteiger partial charge in [0.15, 0.2) is 6.29 Å². The van der Waals surface area contributed by atoms with E-state index >= 15 is 0 Å². The van der Waals surface area contributed by atoms with Crippen LogP contribution in [0, 0.1) is 12.7 Å². The second-order valence-electron chi connectivity index (χ2n) is 3.91. The molecule has 3 rings (SSSR count). The summed E-state index contributed by atoms with van der Waals surface area (Å²) in [7, 11) is 0. The molecule has 0 aliphatic rings. The molecule has 0 amide bonds. The lowest BCUT2D eigenvalue weighted by Crippen LogP contribution is -1.93. The molecule has 3 aromatic rings. The molecule has 2 aromatic heterocycles. The Morgan fingerprint density at radius 2 is 2.18 bits per heavy atom. The van der Waals surface area contributed by atoms with E-state index < -0.39 is 0 Å². The topological polar surface area (TPSA) is 34.4 Å². The molecule has 0 N–H and O–H groups in total. The third-order valence-corrected chi connectivity index (χ3v) is 2.92. The number of aromatic nitrogens is 2. The van der Waals surface area contributed by atoms with Crippen LogP contribution in [0.1, 0.15) is 16.2 Å². The number of carbonyl (C=O) groups is 1. The van der Waals surface area contributed by atoms with Crippen molar-refractivity contribution >= 4 is 22.7 Å². The number of pyridine rings is 1. The maximum atomic E-state index is 13.8. The van der Waals surface area contributed by atoms with Crippen LogP contribution in [0.25, 0.3) is 16.4 Å². The van der Waals surface area contributed by atoms with E-state index in [9.17, 15) is 9.18 Å². The first kappa shape index (κ1) is 9.96. The second-order valence-corrected chi connectivity index (χ2v) is 3.91. The highest BCUT2D eigenvalue weighted by atomic mass is 19.1. The Balaban J connectivity index is 2.61. The van der Waals surface area contributed by atoms with Gasteiger partial charge < -0.3 is 0 Å². The number of carbonyl (C=O) groups excluding carboxylic acids is 1. The van der Waals surface area contributed by atoms with Crippen molar-refractivity contribution < 1.29 is 9.18 Å². The van der Waals surface area contributed by atoms with E-state index in [-0.39, 0.29) is 5.82 Å². The van der Waals surface area contributed by atoms with Crippen LogP contribution in [0.2, 0.25) is 0 Å². The lowest BCUT2D eigenvalue weighted by molar-refractivity contribution is 0.111. The molecule has 0 fully saturated rings. The summed E-state index contributed by atoms with van der Waals surface area (Å²) in [6, 6.07) is 6.65. The largest absolute Gasteiger partial charge is 0.296 e. The molecule has 4 heteroatoms. The van der Waals surface area contributed by atoms with Gasteiger partial charge in [-0.2, -0.15) is 0 Å². The van der Waals surface area contributed by atoms with Crippen molar-refractivity contribution in [1.82, 2.24) is 9.38 Å². The van der Waals surface area contributed by atoms with Gasteiger partial charge in [0.1, 0.15) is 17.2 Å². The molecule has 0 unspecified atom stereocenters. The summed E-state index contributed by atoms with van der Waals surface area (Å²) in [5.74, 6) is -0.324. The molecular weight excluding hydrogens is 219 g/mol. The number of aldehydes is 1. The minimum Gasteiger partial charge on any atom is -0.296 e. The number of aryl methyl sites for hydroxylation is 1. The molecule has 0 spiro atoms. The van der Waals surface area contributed by atoms with Crippen molar-refractivity contribution in [3.63, 3.8) is 0 Å². The Kier molecular flexibility index (Phi) is 1.98. The maximum Gasteiger partial charge on any atom is 0.168 e. The van der Waals surface area contributed by atoms with E-state index in [0.717, 1.165) is 11.7 Å². The smallest absolute Gasteiger partial charge is 0.168 e. The Morgan fingerprint density at radius 1 is 1.35 bits per heavy atom. The molecule has 84 valence electrons. The molecule has 2 heterocycles. The predicted octanol–water partition coefficient (Wildman–Crippen LogP) is 2.75. The number of rotatable bonds is 1. The third kappa shape index (κ3) is 1.27. The molecule has 0 saturated carbocycles. The number of benzene rings is 1. The van der Waals surface area contributed by atoms with Crippen LogP contribution < -0.4 is 0 Å². The van der Waals surface area contributed by atoms with Gasteiger partial charge in [-0.25, -0.2) is 9.37 Å². The molecule has 1 aromatic carbocycles. The van der Waals surface area contributed by atoms with Crippen molar-refractivity contribution in [1.29, 1.82) is 0 Å². The lowest BCUT2D eigenvalue weighted by atomic mass is 10.1. The molecule has 0 bridgehead atoms.